The number of nitrogens with zero attached hydrogens (tertiary/aromatic N) is 1. The van der Waals surface area contributed by atoms with Crippen molar-refractivity contribution in [3.05, 3.63) is 0 Å². The van der Waals surface area contributed by atoms with Crippen LogP contribution in [0.2, 0.25) is 0 Å². The third-order valence-electron chi connectivity index (χ3n) is 2.36. The third-order valence-corrected chi connectivity index (χ3v) is 2.36. The molecular formula is C9H22N2. The fourth-order valence-electron chi connectivity index (χ4n) is 0.831. The molecule has 0 aliphatic rings. The van der Waals surface area contributed by atoms with E-state index in [0.717, 1.165) is 6.54 Å². The van der Waals surface area contributed by atoms with Gasteiger partial charge in [-0.1, -0.05) is 6.92 Å². The maximum Gasteiger partial charge on any atom is 0.00483 e. The summed E-state index contributed by atoms with van der Waals surface area (Å²) in [6.45, 7) is 9.76. The fourth-order valence-corrected chi connectivity index (χ4v) is 0.831. The standard InChI is InChI=1S/C9H22N2/c1-7(2)11(5)6-8(3)9(4)10/h7-9H,6,10H2,1-5H3. The topological polar surface area (TPSA) is 29.3 Å². The third kappa shape index (κ3) is 4.38. The first-order chi connectivity index (χ1) is 4.95. The van der Waals surface area contributed by atoms with Crippen LogP contribution in [-0.4, -0.2) is 30.6 Å². The molecule has 0 heterocycles. The SMILES string of the molecule is CC(N)C(C)CN(C)C(C)C. The summed E-state index contributed by atoms with van der Waals surface area (Å²) in [6, 6.07) is 0.924. The summed E-state index contributed by atoms with van der Waals surface area (Å²) in [4.78, 5) is 2.33. The van der Waals surface area contributed by atoms with Crippen LogP contribution in [0.25, 0.3) is 0 Å². The molecule has 0 aliphatic heterocycles. The van der Waals surface area contributed by atoms with Crippen molar-refractivity contribution in [2.24, 2.45) is 11.7 Å². The zero-order chi connectivity index (χ0) is 9.02. The molecule has 0 aromatic rings. The predicted molar refractivity (Wildman–Crippen MR) is 50.6 cm³/mol. The number of hydrogen-bond acceptors (Lipinski definition) is 2. The molecule has 0 amide bonds. The van der Waals surface area contributed by atoms with Crippen LogP contribution in [0.1, 0.15) is 27.7 Å². The van der Waals surface area contributed by atoms with Crippen LogP contribution < -0.4 is 5.73 Å². The summed E-state index contributed by atoms with van der Waals surface area (Å²) in [5.74, 6) is 0.586. The molecule has 11 heavy (non-hydrogen) atoms. The first-order valence-corrected chi connectivity index (χ1v) is 4.41. The Bertz CT molecular complexity index is 87.7. The van der Waals surface area contributed by atoms with E-state index in [1.54, 1.807) is 0 Å². The van der Waals surface area contributed by atoms with Crippen LogP contribution >= 0.6 is 0 Å². The Morgan fingerprint density at radius 3 is 1.91 bits per heavy atom. The molecule has 68 valence electrons. The maximum atomic E-state index is 5.76. The van der Waals surface area contributed by atoms with Gasteiger partial charge in [-0.25, -0.2) is 0 Å². The first-order valence-electron chi connectivity index (χ1n) is 4.41. The van der Waals surface area contributed by atoms with E-state index < -0.39 is 0 Å². The maximum absolute atomic E-state index is 5.76. The highest BCUT2D eigenvalue weighted by Gasteiger charge is 2.11. The van der Waals surface area contributed by atoms with Gasteiger partial charge in [-0.3, -0.25) is 0 Å². The highest BCUT2D eigenvalue weighted by atomic mass is 15.1. The van der Waals surface area contributed by atoms with Crippen molar-refractivity contribution in [1.82, 2.24) is 4.90 Å². The van der Waals surface area contributed by atoms with Crippen LogP contribution in [0, 0.1) is 5.92 Å². The lowest BCUT2D eigenvalue weighted by Gasteiger charge is -2.26. The second-order valence-corrected chi connectivity index (χ2v) is 3.87. The molecule has 2 N–H and O–H groups in total. The summed E-state index contributed by atoms with van der Waals surface area (Å²) in [6.07, 6.45) is 0. The normalized spacial score (nSPS) is 17.5. The number of hydrogen-bond donors (Lipinski definition) is 1. The van der Waals surface area contributed by atoms with Crippen molar-refractivity contribution < 1.29 is 0 Å². The van der Waals surface area contributed by atoms with Gasteiger partial charge in [-0.15, -0.1) is 0 Å². The molecule has 2 nitrogen and oxygen atoms in total. The molecule has 0 radical (unpaired) electrons. The highest BCUT2D eigenvalue weighted by molar-refractivity contribution is 4.68. The van der Waals surface area contributed by atoms with E-state index in [1.165, 1.54) is 0 Å². The van der Waals surface area contributed by atoms with Gasteiger partial charge in [-0.2, -0.15) is 0 Å². The quantitative estimate of drug-likeness (QED) is 0.668. The van der Waals surface area contributed by atoms with Gasteiger partial charge in [0.15, 0.2) is 0 Å². The van der Waals surface area contributed by atoms with Crippen LogP contribution in [0.4, 0.5) is 0 Å². The van der Waals surface area contributed by atoms with Crippen LogP contribution in [0.15, 0.2) is 0 Å². The van der Waals surface area contributed by atoms with Crippen molar-refractivity contribution in [2.75, 3.05) is 13.6 Å². The summed E-state index contributed by atoms with van der Waals surface area (Å²) in [5.41, 5.74) is 5.76. The molecule has 0 saturated heterocycles. The van der Waals surface area contributed by atoms with Gasteiger partial charge in [-0.05, 0) is 33.7 Å². The van der Waals surface area contributed by atoms with E-state index in [0.29, 0.717) is 18.0 Å². The Hall–Kier alpha value is -0.0800. The summed E-state index contributed by atoms with van der Waals surface area (Å²) >= 11 is 0. The zero-order valence-electron chi connectivity index (χ0n) is 8.46. The molecule has 0 rings (SSSR count). The fraction of sp³-hybridized carbons (Fsp3) is 1.00. The molecule has 0 saturated carbocycles. The van der Waals surface area contributed by atoms with Gasteiger partial charge in [0.05, 0.1) is 0 Å². The average Bonchev–Trinajstić information content (AvgIpc) is 1.87. The lowest BCUT2D eigenvalue weighted by atomic mass is 10.0. The van der Waals surface area contributed by atoms with Crippen molar-refractivity contribution >= 4 is 0 Å². The Balaban J connectivity index is 3.66. The molecule has 0 bridgehead atoms. The Morgan fingerprint density at radius 1 is 1.18 bits per heavy atom. The van der Waals surface area contributed by atoms with E-state index in [1.807, 2.05) is 0 Å². The predicted octanol–water partition coefficient (Wildman–Crippen LogP) is 1.31. The van der Waals surface area contributed by atoms with Crippen molar-refractivity contribution in [3.63, 3.8) is 0 Å². The second kappa shape index (κ2) is 4.73. The van der Waals surface area contributed by atoms with Crippen LogP contribution in [0.5, 0.6) is 0 Å². The molecule has 0 fully saturated rings. The minimum atomic E-state index is 0.302. The van der Waals surface area contributed by atoms with E-state index >= 15 is 0 Å². The first kappa shape index (κ1) is 10.9. The largest absolute Gasteiger partial charge is 0.328 e. The van der Waals surface area contributed by atoms with Gasteiger partial charge in [0.1, 0.15) is 0 Å². The minimum absolute atomic E-state index is 0.302. The van der Waals surface area contributed by atoms with Crippen molar-refractivity contribution in [1.29, 1.82) is 0 Å². The van der Waals surface area contributed by atoms with Gasteiger partial charge >= 0.3 is 0 Å². The molecule has 0 aromatic carbocycles. The summed E-state index contributed by atoms with van der Waals surface area (Å²) in [7, 11) is 2.14. The van der Waals surface area contributed by atoms with E-state index in [2.05, 4.69) is 39.6 Å². The Kier molecular flexibility index (Phi) is 4.69. The summed E-state index contributed by atoms with van der Waals surface area (Å²) in [5, 5.41) is 0. The molecular weight excluding hydrogens is 136 g/mol. The van der Waals surface area contributed by atoms with Crippen molar-refractivity contribution in [3.8, 4) is 0 Å². The Morgan fingerprint density at radius 2 is 1.64 bits per heavy atom. The lowest BCUT2D eigenvalue weighted by molar-refractivity contribution is 0.225. The molecule has 0 aromatic heterocycles. The van der Waals surface area contributed by atoms with Gasteiger partial charge < -0.3 is 10.6 Å². The van der Waals surface area contributed by atoms with Crippen LogP contribution in [-0.2, 0) is 0 Å². The molecule has 2 unspecified atom stereocenters. The van der Waals surface area contributed by atoms with E-state index in [-0.39, 0.29) is 0 Å². The van der Waals surface area contributed by atoms with Crippen molar-refractivity contribution in [2.45, 2.75) is 39.8 Å². The number of rotatable bonds is 4. The monoisotopic (exact) mass is 158 g/mol. The molecule has 0 aliphatic carbocycles. The van der Waals surface area contributed by atoms with Crippen LogP contribution in [0.3, 0.4) is 0 Å². The van der Waals surface area contributed by atoms with E-state index in [4.69, 9.17) is 5.73 Å². The highest BCUT2D eigenvalue weighted by Crippen LogP contribution is 2.04. The minimum Gasteiger partial charge on any atom is -0.328 e. The van der Waals surface area contributed by atoms with Gasteiger partial charge in [0.25, 0.3) is 0 Å². The lowest BCUT2D eigenvalue weighted by Crippen LogP contribution is -2.37. The van der Waals surface area contributed by atoms with Gasteiger partial charge in [0.2, 0.25) is 0 Å². The smallest absolute Gasteiger partial charge is 0.00483 e. The summed E-state index contributed by atoms with van der Waals surface area (Å²) < 4.78 is 0. The molecule has 2 heteroatoms. The molecule has 0 spiro atoms. The number of nitrogens with two attached hydrogens (primary N) is 1. The second-order valence-electron chi connectivity index (χ2n) is 3.87. The Labute approximate surface area is 70.8 Å². The average molecular weight is 158 g/mol. The van der Waals surface area contributed by atoms with E-state index in [9.17, 15) is 0 Å². The zero-order valence-corrected chi connectivity index (χ0v) is 8.46. The van der Waals surface area contributed by atoms with Gasteiger partial charge in [0, 0.05) is 18.6 Å². The molecule has 2 atom stereocenters.